The summed E-state index contributed by atoms with van der Waals surface area (Å²) in [4.78, 5) is 0. The van der Waals surface area contributed by atoms with Crippen LogP contribution in [0.5, 0.6) is 0 Å². The lowest BCUT2D eigenvalue weighted by Crippen LogP contribution is -2.48. The third kappa shape index (κ3) is 5.56. The van der Waals surface area contributed by atoms with Gasteiger partial charge in [0, 0.05) is 6.54 Å². The average Bonchev–Trinajstić information content (AvgIpc) is 2.51. The molecule has 2 nitrogen and oxygen atoms in total. The van der Waals surface area contributed by atoms with Crippen LogP contribution in [0, 0.1) is 5.92 Å². The van der Waals surface area contributed by atoms with Crippen LogP contribution in [0.3, 0.4) is 0 Å². The minimum Gasteiger partial charge on any atom is -0.370 e. The second-order valence-electron chi connectivity index (χ2n) is 7.47. The highest BCUT2D eigenvalue weighted by molar-refractivity contribution is 4.90. The Kier molecular flexibility index (Phi) is 7.53. The van der Waals surface area contributed by atoms with Crippen molar-refractivity contribution in [2.24, 2.45) is 5.92 Å². The molecule has 0 saturated heterocycles. The van der Waals surface area contributed by atoms with E-state index in [2.05, 4.69) is 19.2 Å². The van der Waals surface area contributed by atoms with Gasteiger partial charge in [-0.05, 0) is 57.4 Å². The highest BCUT2D eigenvalue weighted by atomic mass is 16.5. The predicted molar refractivity (Wildman–Crippen MR) is 90.7 cm³/mol. The normalized spacial score (nSPS) is 31.4. The largest absolute Gasteiger partial charge is 0.370 e. The van der Waals surface area contributed by atoms with Gasteiger partial charge in [-0.2, -0.15) is 0 Å². The first kappa shape index (κ1) is 17.3. The fourth-order valence-corrected chi connectivity index (χ4v) is 4.27. The summed E-state index contributed by atoms with van der Waals surface area (Å²) in [5, 5.41) is 3.66. The van der Waals surface area contributed by atoms with Gasteiger partial charge in [0.25, 0.3) is 0 Å². The third-order valence-corrected chi connectivity index (χ3v) is 5.56. The first-order chi connectivity index (χ1) is 10.3. The lowest BCUT2D eigenvalue weighted by atomic mass is 9.76. The molecule has 0 atom stereocenters. The number of nitrogens with one attached hydrogen (secondary N) is 1. The summed E-state index contributed by atoms with van der Waals surface area (Å²) in [6, 6.07) is 0. The summed E-state index contributed by atoms with van der Waals surface area (Å²) in [6.07, 6.45) is 16.6. The van der Waals surface area contributed by atoms with Crippen molar-refractivity contribution >= 4 is 0 Å². The first-order valence-electron chi connectivity index (χ1n) is 9.66. The van der Waals surface area contributed by atoms with Gasteiger partial charge in [-0.1, -0.05) is 46.0 Å². The standard InChI is InChI=1S/C19H37NO/c1-3-8-17-11-13-19(14-12-17,16-20-15-4-2)21-18-9-6-5-7-10-18/h17-18,20H,3-16H2,1-2H3. The van der Waals surface area contributed by atoms with Gasteiger partial charge in [0.15, 0.2) is 0 Å². The Morgan fingerprint density at radius 1 is 0.952 bits per heavy atom. The van der Waals surface area contributed by atoms with E-state index in [1.54, 1.807) is 0 Å². The Morgan fingerprint density at radius 3 is 2.29 bits per heavy atom. The number of hydrogen-bond donors (Lipinski definition) is 1. The van der Waals surface area contributed by atoms with Crippen molar-refractivity contribution in [3.05, 3.63) is 0 Å². The first-order valence-corrected chi connectivity index (χ1v) is 9.66. The van der Waals surface area contributed by atoms with E-state index in [1.807, 2.05) is 0 Å². The van der Waals surface area contributed by atoms with E-state index < -0.39 is 0 Å². The van der Waals surface area contributed by atoms with Gasteiger partial charge in [-0.3, -0.25) is 0 Å². The van der Waals surface area contributed by atoms with Crippen LogP contribution in [0.2, 0.25) is 0 Å². The summed E-state index contributed by atoms with van der Waals surface area (Å²) in [5.41, 5.74) is 0.154. The SMILES string of the molecule is CCCNCC1(OC2CCCCC2)CCC(CCC)CC1. The van der Waals surface area contributed by atoms with Crippen molar-refractivity contribution < 1.29 is 4.74 Å². The van der Waals surface area contributed by atoms with Crippen LogP contribution >= 0.6 is 0 Å². The van der Waals surface area contributed by atoms with Gasteiger partial charge < -0.3 is 10.1 Å². The van der Waals surface area contributed by atoms with Crippen molar-refractivity contribution in [1.29, 1.82) is 0 Å². The van der Waals surface area contributed by atoms with E-state index in [1.165, 1.54) is 77.0 Å². The lowest BCUT2D eigenvalue weighted by Gasteiger charge is -2.43. The van der Waals surface area contributed by atoms with Crippen molar-refractivity contribution in [2.75, 3.05) is 13.1 Å². The zero-order valence-corrected chi connectivity index (χ0v) is 14.5. The Balaban J connectivity index is 1.87. The monoisotopic (exact) mass is 295 g/mol. The van der Waals surface area contributed by atoms with Crippen LogP contribution in [0.15, 0.2) is 0 Å². The second kappa shape index (κ2) is 9.15. The van der Waals surface area contributed by atoms with Gasteiger partial charge in [0.2, 0.25) is 0 Å². The molecule has 0 radical (unpaired) electrons. The zero-order chi connectivity index (χ0) is 15.0. The molecule has 0 amide bonds. The molecule has 2 rings (SSSR count). The van der Waals surface area contributed by atoms with Crippen LogP contribution in [0.25, 0.3) is 0 Å². The maximum absolute atomic E-state index is 6.73. The molecule has 0 bridgehead atoms. The van der Waals surface area contributed by atoms with Gasteiger partial charge in [0.05, 0.1) is 11.7 Å². The molecule has 2 fully saturated rings. The summed E-state index contributed by atoms with van der Waals surface area (Å²) < 4.78 is 6.73. The van der Waals surface area contributed by atoms with Crippen LogP contribution in [0.1, 0.15) is 90.9 Å². The second-order valence-corrected chi connectivity index (χ2v) is 7.47. The molecule has 0 spiro atoms. The molecule has 124 valence electrons. The molecule has 0 aromatic rings. The molecule has 21 heavy (non-hydrogen) atoms. The molecule has 2 saturated carbocycles. The van der Waals surface area contributed by atoms with E-state index in [0.29, 0.717) is 6.10 Å². The molecule has 0 aromatic carbocycles. The Bertz CT molecular complexity index is 265. The number of rotatable bonds is 8. The van der Waals surface area contributed by atoms with Gasteiger partial charge >= 0.3 is 0 Å². The Labute approximate surface area is 132 Å². The van der Waals surface area contributed by atoms with Crippen molar-refractivity contribution in [3.63, 3.8) is 0 Å². The minimum atomic E-state index is 0.154. The topological polar surface area (TPSA) is 21.3 Å². The molecule has 2 aliphatic carbocycles. The summed E-state index contributed by atoms with van der Waals surface area (Å²) in [6.45, 7) is 6.79. The zero-order valence-electron chi connectivity index (χ0n) is 14.5. The molecular formula is C19H37NO. The molecule has 2 heteroatoms. The minimum absolute atomic E-state index is 0.154. The van der Waals surface area contributed by atoms with Crippen LogP contribution < -0.4 is 5.32 Å². The predicted octanol–water partition coefficient (Wildman–Crippen LogP) is 5.06. The molecule has 0 unspecified atom stereocenters. The molecule has 2 aliphatic rings. The Morgan fingerprint density at radius 2 is 1.67 bits per heavy atom. The quantitative estimate of drug-likeness (QED) is 0.632. The maximum Gasteiger partial charge on any atom is 0.0810 e. The van der Waals surface area contributed by atoms with Crippen LogP contribution in [-0.2, 0) is 4.74 Å². The molecular weight excluding hydrogens is 258 g/mol. The molecule has 1 N–H and O–H groups in total. The van der Waals surface area contributed by atoms with Crippen LogP contribution in [0.4, 0.5) is 0 Å². The highest BCUT2D eigenvalue weighted by Crippen LogP contribution is 2.39. The van der Waals surface area contributed by atoms with E-state index in [-0.39, 0.29) is 5.60 Å². The summed E-state index contributed by atoms with van der Waals surface area (Å²) >= 11 is 0. The highest BCUT2D eigenvalue weighted by Gasteiger charge is 2.37. The maximum atomic E-state index is 6.73. The molecule has 0 heterocycles. The van der Waals surface area contributed by atoms with Gasteiger partial charge in [-0.25, -0.2) is 0 Å². The van der Waals surface area contributed by atoms with E-state index >= 15 is 0 Å². The molecule has 0 aliphatic heterocycles. The van der Waals surface area contributed by atoms with E-state index in [4.69, 9.17) is 4.74 Å². The number of hydrogen-bond acceptors (Lipinski definition) is 2. The smallest absolute Gasteiger partial charge is 0.0810 e. The number of ether oxygens (including phenoxy) is 1. The van der Waals surface area contributed by atoms with Gasteiger partial charge in [-0.15, -0.1) is 0 Å². The van der Waals surface area contributed by atoms with Crippen molar-refractivity contribution in [2.45, 2.75) is 103 Å². The summed E-state index contributed by atoms with van der Waals surface area (Å²) in [5.74, 6) is 0.962. The third-order valence-electron chi connectivity index (χ3n) is 5.56. The van der Waals surface area contributed by atoms with Crippen molar-refractivity contribution in [1.82, 2.24) is 5.32 Å². The van der Waals surface area contributed by atoms with E-state index in [9.17, 15) is 0 Å². The fourth-order valence-electron chi connectivity index (χ4n) is 4.27. The average molecular weight is 296 g/mol. The van der Waals surface area contributed by atoms with E-state index in [0.717, 1.165) is 19.0 Å². The molecule has 0 aromatic heterocycles. The van der Waals surface area contributed by atoms with Crippen LogP contribution in [-0.4, -0.2) is 24.8 Å². The van der Waals surface area contributed by atoms with Crippen molar-refractivity contribution in [3.8, 4) is 0 Å². The van der Waals surface area contributed by atoms with Gasteiger partial charge in [0.1, 0.15) is 0 Å². The lowest BCUT2D eigenvalue weighted by molar-refractivity contribution is -0.127. The fraction of sp³-hybridized carbons (Fsp3) is 1.00. The Hall–Kier alpha value is -0.0800. The summed E-state index contributed by atoms with van der Waals surface area (Å²) in [7, 11) is 0.